The van der Waals surface area contributed by atoms with Gasteiger partial charge in [0, 0.05) is 138 Å². The number of amides is 2. The number of likely N-dealkylation sites (N-methyl/N-ethyl adjacent to an activating group) is 2. The van der Waals surface area contributed by atoms with Gasteiger partial charge in [-0.3, -0.25) is 19.4 Å². The summed E-state index contributed by atoms with van der Waals surface area (Å²) in [4.78, 5) is 57.0. The highest BCUT2D eigenvalue weighted by molar-refractivity contribution is 6.33. The lowest BCUT2D eigenvalue weighted by Gasteiger charge is -2.40. The second-order valence-electron chi connectivity index (χ2n) is 21.7. The Morgan fingerprint density at radius 2 is 1.09 bits per heavy atom. The summed E-state index contributed by atoms with van der Waals surface area (Å²) in [5.41, 5.74) is 1.15. The average molecular weight is 1140 g/mol. The molecule has 6 aliphatic rings. The molecular weight excluding hydrogens is 1070 g/mol. The molecule has 4 bridgehead atoms. The molecule has 2 aromatic heterocycles. The summed E-state index contributed by atoms with van der Waals surface area (Å²) in [5, 5.41) is 22.7. The molecule has 0 spiro atoms. The number of nitrogens with one attached hydrogen (secondary N) is 4. The second-order valence-corrected chi connectivity index (χ2v) is 22.1. The van der Waals surface area contributed by atoms with E-state index in [0.717, 1.165) is 63.2 Å². The molecule has 6 fully saturated rings. The van der Waals surface area contributed by atoms with Crippen LogP contribution in [-0.2, 0) is 31.4 Å². The van der Waals surface area contributed by atoms with Gasteiger partial charge in [-0.25, -0.2) is 9.97 Å². The molecule has 0 aliphatic carbocycles. The molecule has 6 aliphatic heterocycles. The number of ether oxygens (including phenoxy) is 2. The van der Waals surface area contributed by atoms with Crippen molar-refractivity contribution in [1.82, 2.24) is 39.5 Å². The number of hydrogen-bond donors (Lipinski definition) is 5. The molecule has 7 atom stereocenters. The minimum absolute atomic E-state index is 0.00895. The summed E-state index contributed by atoms with van der Waals surface area (Å²) in [7, 11) is 4.31. The molecule has 26 heteroatoms. The third-order valence-corrected chi connectivity index (χ3v) is 16.8. The van der Waals surface area contributed by atoms with Crippen molar-refractivity contribution in [1.29, 1.82) is 0 Å². The maximum Gasteiger partial charge on any atom is 0.421 e. The molecule has 434 valence electrons. The molecule has 80 heavy (non-hydrogen) atoms. The highest BCUT2D eigenvalue weighted by Crippen LogP contribution is 2.40. The van der Waals surface area contributed by atoms with Gasteiger partial charge >= 0.3 is 12.4 Å². The highest BCUT2D eigenvalue weighted by atomic mass is 35.5. The predicted octanol–water partition coefficient (Wildman–Crippen LogP) is 7.60. The lowest BCUT2D eigenvalue weighted by molar-refractivity contribution is -0.163. The number of carbonyl (C=O) groups excluding carboxylic acids is 2. The van der Waals surface area contributed by atoms with Crippen molar-refractivity contribution in [2.75, 3.05) is 124 Å². The smallest absolute Gasteiger partial charge is 0.389 e. The number of halogens is 7. The van der Waals surface area contributed by atoms with Crippen LogP contribution in [0.15, 0.2) is 48.8 Å². The van der Waals surface area contributed by atoms with Gasteiger partial charge in [-0.2, -0.15) is 36.3 Å². The van der Waals surface area contributed by atoms with Gasteiger partial charge in [0.05, 0.1) is 16.8 Å². The summed E-state index contributed by atoms with van der Waals surface area (Å²) in [5.74, 6) is -2.17. The molecular formula is C54H69ClF6N14O5. The van der Waals surface area contributed by atoms with Crippen molar-refractivity contribution in [3.05, 3.63) is 70.5 Å². The Bertz CT molecular complexity index is 2830. The maximum atomic E-state index is 14.3. The minimum atomic E-state index is -4.79. The standard InChI is InChI=1S/C54H69ClF6N14O5/c1-32(76)39-24-33(74-28-35-8-9-36(29-74)70(35)2)12-14-43(39)66-51-64-26-40(53(56,57)58)47(68-51)62-16-4-18-72-20-6-22-79-45(49(72)77)46-50(78)73(21-7-23-80-46)19-5-17-63-48-41(54(59,60)61)27-65-52(69-48)67-44-15-13-34(25-42(44)55)75-30-37-10-11-38(31-75)71(37)3/h12-15,24-27,32,35-38,45-46,76H,4-11,16-23,28-31H2,1-3H3,(H2,62,64,66,68)(H2,63,65,67,69)/t32?,35-,36+,37-,38+,45?,46?. The molecule has 0 radical (unpaired) electrons. The van der Waals surface area contributed by atoms with Gasteiger partial charge in [0.2, 0.25) is 11.9 Å². The van der Waals surface area contributed by atoms with E-state index in [4.69, 9.17) is 21.1 Å². The monoisotopic (exact) mass is 1140 g/mol. The van der Waals surface area contributed by atoms with Crippen LogP contribution >= 0.6 is 11.6 Å². The molecule has 19 nitrogen and oxygen atoms in total. The Morgan fingerprint density at radius 3 is 1.51 bits per heavy atom. The van der Waals surface area contributed by atoms with Crippen LogP contribution in [-0.4, -0.2) is 186 Å². The number of alkyl halides is 6. The number of piperazine rings is 2. The van der Waals surface area contributed by atoms with Gasteiger partial charge in [-0.05, 0) is 109 Å². The fraction of sp³-hybridized carbons (Fsp3) is 0.593. The summed E-state index contributed by atoms with van der Waals surface area (Å²) < 4.78 is 97.5. The SMILES string of the molecule is CC(O)c1cc(N2C[C@H]3CC[C@@H](C2)N3C)ccc1Nc1ncc(C(F)(F)F)c(NCCCN2CCCOC(C3OCCCN(CCCNc4nc(Nc5ccc(N6C[C@H]7CC[C@@H](C6)N7C)cc5Cl)ncc4C(F)(F)F)C3=O)C2=O)n1. The lowest BCUT2D eigenvalue weighted by atomic mass is 10.1. The van der Waals surface area contributed by atoms with Crippen LogP contribution in [0.2, 0.25) is 5.02 Å². The molecule has 3 unspecified atom stereocenters. The van der Waals surface area contributed by atoms with Gasteiger partial charge in [-0.15, -0.1) is 0 Å². The lowest BCUT2D eigenvalue weighted by Crippen LogP contribution is -2.52. The number of hydrogen-bond acceptors (Lipinski definition) is 17. The molecule has 5 N–H and O–H groups in total. The summed E-state index contributed by atoms with van der Waals surface area (Å²) >= 11 is 6.69. The number of benzene rings is 2. The fourth-order valence-corrected chi connectivity index (χ4v) is 12.2. The summed E-state index contributed by atoms with van der Waals surface area (Å²) in [6.07, 6.45) is -5.92. The van der Waals surface area contributed by atoms with E-state index in [1.165, 1.54) is 9.80 Å². The van der Waals surface area contributed by atoms with Crippen LogP contribution in [0.1, 0.15) is 81.1 Å². The van der Waals surface area contributed by atoms with E-state index in [1.54, 1.807) is 19.1 Å². The zero-order valence-electron chi connectivity index (χ0n) is 45.0. The van der Waals surface area contributed by atoms with Crippen LogP contribution in [0.4, 0.5) is 72.6 Å². The van der Waals surface area contributed by atoms with Crippen molar-refractivity contribution < 1.29 is 50.5 Å². The van der Waals surface area contributed by atoms with Gasteiger partial charge in [0.15, 0.2) is 12.2 Å². The number of carbonyl (C=O) groups is 2. The van der Waals surface area contributed by atoms with Gasteiger partial charge < -0.3 is 55.4 Å². The van der Waals surface area contributed by atoms with E-state index in [-0.39, 0.29) is 77.2 Å². The quantitative estimate of drug-likeness (QED) is 0.0483. The van der Waals surface area contributed by atoms with E-state index < -0.39 is 65.2 Å². The summed E-state index contributed by atoms with van der Waals surface area (Å²) in [6, 6.07) is 12.9. The first-order chi connectivity index (χ1) is 38.3. The maximum absolute atomic E-state index is 14.3. The molecule has 4 aromatic rings. The molecule has 2 amide bonds. The van der Waals surface area contributed by atoms with Crippen LogP contribution < -0.4 is 31.1 Å². The van der Waals surface area contributed by atoms with E-state index in [9.17, 15) is 41.0 Å². The molecule has 2 aromatic carbocycles. The van der Waals surface area contributed by atoms with E-state index in [2.05, 4.69) is 74.9 Å². The first kappa shape index (κ1) is 57.3. The van der Waals surface area contributed by atoms with Crippen molar-refractivity contribution >= 4 is 69.7 Å². The first-order valence-corrected chi connectivity index (χ1v) is 27.9. The second kappa shape index (κ2) is 24.2. The molecule has 6 saturated heterocycles. The third-order valence-electron chi connectivity index (χ3n) is 16.5. The van der Waals surface area contributed by atoms with Crippen molar-refractivity contribution in [2.45, 2.75) is 113 Å². The topological polar surface area (TPSA) is 192 Å². The van der Waals surface area contributed by atoms with Gasteiger partial charge in [-0.1, -0.05) is 11.6 Å². The summed E-state index contributed by atoms with van der Waals surface area (Å²) in [6.45, 7) is 6.07. The van der Waals surface area contributed by atoms with Gasteiger partial charge in [0.1, 0.15) is 22.8 Å². The molecule has 8 heterocycles. The number of rotatable bonds is 18. The molecule has 10 rings (SSSR count). The van der Waals surface area contributed by atoms with E-state index >= 15 is 0 Å². The Balaban J connectivity index is 0.729. The average Bonchev–Trinajstić information content (AvgIpc) is 3.67. The van der Waals surface area contributed by atoms with E-state index in [0.29, 0.717) is 71.4 Å². The number of aliphatic hydroxyl groups excluding tert-OH is 1. The minimum Gasteiger partial charge on any atom is -0.389 e. The number of nitrogens with zero attached hydrogens (tertiary/aromatic N) is 10. The normalized spacial score (nSPS) is 24.5. The zero-order chi connectivity index (χ0) is 56.5. The van der Waals surface area contributed by atoms with Crippen LogP contribution in [0.25, 0.3) is 0 Å². The van der Waals surface area contributed by atoms with Crippen LogP contribution in [0.3, 0.4) is 0 Å². The van der Waals surface area contributed by atoms with Crippen molar-refractivity contribution in [3.8, 4) is 0 Å². The fourth-order valence-electron chi connectivity index (χ4n) is 12.0. The number of anilines is 8. The van der Waals surface area contributed by atoms with Crippen LogP contribution in [0, 0.1) is 0 Å². The number of aromatic nitrogens is 4. The Morgan fingerprint density at radius 1 is 0.662 bits per heavy atom. The number of fused-ring (bicyclic) bond motifs is 4. The van der Waals surface area contributed by atoms with Crippen molar-refractivity contribution in [2.24, 2.45) is 0 Å². The highest BCUT2D eigenvalue weighted by Gasteiger charge is 2.44. The zero-order valence-corrected chi connectivity index (χ0v) is 45.8. The third kappa shape index (κ3) is 12.9. The molecule has 0 saturated carbocycles. The van der Waals surface area contributed by atoms with Gasteiger partial charge in [0.25, 0.3) is 11.8 Å². The van der Waals surface area contributed by atoms with E-state index in [1.807, 2.05) is 24.3 Å². The van der Waals surface area contributed by atoms with Crippen LogP contribution in [0.5, 0.6) is 0 Å². The predicted molar refractivity (Wildman–Crippen MR) is 291 cm³/mol. The Hall–Kier alpha value is -5.99. The number of aliphatic hydroxyl groups is 1. The Labute approximate surface area is 465 Å². The largest absolute Gasteiger partial charge is 0.421 e. The first-order valence-electron chi connectivity index (χ1n) is 27.6. The Kier molecular flexibility index (Phi) is 17.3. The van der Waals surface area contributed by atoms with Crippen molar-refractivity contribution in [3.63, 3.8) is 0 Å².